The van der Waals surface area contributed by atoms with E-state index in [-0.39, 0.29) is 0 Å². The Morgan fingerprint density at radius 3 is 2.20 bits per heavy atom. The smallest absolute Gasteiger partial charge is 0.119 e. The number of unbranched alkanes of at least 4 members (excludes halogenated alkanes) is 3. The maximum Gasteiger partial charge on any atom is 0.119 e. The molecular formula is C46H65NO2. The van der Waals surface area contributed by atoms with Crippen LogP contribution in [0.4, 0.5) is 0 Å². The first-order chi connectivity index (χ1) is 23.7. The normalized spacial score (nSPS) is 31.3. The summed E-state index contributed by atoms with van der Waals surface area (Å²) in [6.07, 6.45) is 23.0. The summed E-state index contributed by atoms with van der Waals surface area (Å²) in [6.45, 7) is 14.4. The standard InChI is InChI=1S/C46H65NO2/c1-33(2)11-10-12-34(3)42-23-24-43-41-22-19-38-31-40(25-27-45(38,4)44(41)26-28-46(42,43)5)49-30-9-7-6-8-29-48-39-20-17-37(18-21-39)36-15-13-35(32-47)14-16-36/h13-21,33-34,40-44H,6-12,22-31H2,1-5H3/t34-,40+,41+,42-,43+,44+,45+,46-/m1/s1. The van der Waals surface area contributed by atoms with E-state index in [1.807, 2.05) is 36.4 Å². The van der Waals surface area contributed by atoms with Crippen molar-refractivity contribution < 1.29 is 9.47 Å². The molecule has 49 heavy (non-hydrogen) atoms. The molecule has 0 saturated heterocycles. The third kappa shape index (κ3) is 8.17. The van der Waals surface area contributed by atoms with E-state index in [0.29, 0.717) is 22.5 Å². The number of allylic oxidation sites excluding steroid dienone is 1. The SMILES string of the molecule is CC(C)CCC[C@@H](C)[C@H]1CC[C@H]2[C@@H]3CC=C4C[C@@H](OCCCCCCOc5ccc(-c6ccc(C#N)cc6)cc5)CC[C@]4(C)[C@H]3CC[C@]12C. The van der Waals surface area contributed by atoms with Gasteiger partial charge in [0.05, 0.1) is 24.3 Å². The summed E-state index contributed by atoms with van der Waals surface area (Å²) in [7, 11) is 0. The first-order valence-electron chi connectivity index (χ1n) is 20.3. The lowest BCUT2D eigenvalue weighted by Gasteiger charge is -2.58. The lowest BCUT2D eigenvalue weighted by atomic mass is 9.47. The lowest BCUT2D eigenvalue weighted by Crippen LogP contribution is -2.51. The molecule has 0 amide bonds. The van der Waals surface area contributed by atoms with Crippen LogP contribution in [0.5, 0.6) is 5.75 Å². The van der Waals surface area contributed by atoms with Crippen LogP contribution >= 0.6 is 0 Å². The van der Waals surface area contributed by atoms with Crippen molar-refractivity contribution >= 4 is 0 Å². The molecule has 2 aromatic rings. The Balaban J connectivity index is 0.888. The maximum atomic E-state index is 9.01. The van der Waals surface area contributed by atoms with E-state index < -0.39 is 0 Å². The van der Waals surface area contributed by atoms with E-state index in [1.54, 1.807) is 5.57 Å². The molecule has 266 valence electrons. The fourth-order valence-corrected chi connectivity index (χ4v) is 11.3. The average molecular weight is 664 g/mol. The average Bonchev–Trinajstić information content (AvgIpc) is 3.47. The van der Waals surface area contributed by atoms with Gasteiger partial charge >= 0.3 is 0 Å². The van der Waals surface area contributed by atoms with Crippen molar-refractivity contribution in [2.75, 3.05) is 13.2 Å². The van der Waals surface area contributed by atoms with Crippen LogP contribution < -0.4 is 4.74 Å². The zero-order valence-corrected chi connectivity index (χ0v) is 31.5. The summed E-state index contributed by atoms with van der Waals surface area (Å²) in [5, 5.41) is 9.01. The van der Waals surface area contributed by atoms with Crippen LogP contribution in [0.3, 0.4) is 0 Å². The summed E-state index contributed by atoms with van der Waals surface area (Å²) in [5.74, 6) is 6.35. The summed E-state index contributed by atoms with van der Waals surface area (Å²) in [5.41, 5.74) is 5.69. The molecule has 0 radical (unpaired) electrons. The van der Waals surface area contributed by atoms with Crippen LogP contribution in [0.15, 0.2) is 60.2 Å². The monoisotopic (exact) mass is 664 g/mol. The van der Waals surface area contributed by atoms with Gasteiger partial charge in [-0.05, 0) is 152 Å². The molecule has 0 N–H and O–H groups in total. The van der Waals surface area contributed by atoms with E-state index in [9.17, 15) is 0 Å². The van der Waals surface area contributed by atoms with Crippen LogP contribution in [0, 0.1) is 57.7 Å². The minimum absolute atomic E-state index is 0.412. The molecule has 0 unspecified atom stereocenters. The number of rotatable bonds is 15. The minimum Gasteiger partial charge on any atom is -0.494 e. The number of ether oxygens (including phenoxy) is 2. The summed E-state index contributed by atoms with van der Waals surface area (Å²) >= 11 is 0. The van der Waals surface area contributed by atoms with Gasteiger partial charge in [0.2, 0.25) is 0 Å². The zero-order chi connectivity index (χ0) is 34.4. The van der Waals surface area contributed by atoms with E-state index in [4.69, 9.17) is 14.7 Å². The van der Waals surface area contributed by atoms with E-state index in [0.717, 1.165) is 78.4 Å². The Bertz CT molecular complexity index is 1420. The Morgan fingerprint density at radius 1 is 0.776 bits per heavy atom. The van der Waals surface area contributed by atoms with Crippen molar-refractivity contribution in [3.05, 3.63) is 65.7 Å². The molecule has 3 saturated carbocycles. The first-order valence-corrected chi connectivity index (χ1v) is 20.3. The molecule has 4 aliphatic rings. The van der Waals surface area contributed by atoms with Gasteiger partial charge in [0.15, 0.2) is 0 Å². The van der Waals surface area contributed by atoms with Crippen molar-refractivity contribution in [1.82, 2.24) is 0 Å². The molecule has 2 aromatic carbocycles. The topological polar surface area (TPSA) is 42.2 Å². The van der Waals surface area contributed by atoms with Crippen LogP contribution in [0.2, 0.25) is 0 Å². The lowest BCUT2D eigenvalue weighted by molar-refractivity contribution is -0.0641. The number of nitriles is 1. The second-order valence-corrected chi connectivity index (χ2v) is 17.5. The minimum atomic E-state index is 0.412. The Hall–Kier alpha value is -2.57. The highest BCUT2D eigenvalue weighted by molar-refractivity contribution is 5.64. The van der Waals surface area contributed by atoms with Gasteiger partial charge in [-0.25, -0.2) is 0 Å². The van der Waals surface area contributed by atoms with Crippen LogP contribution in [0.1, 0.15) is 136 Å². The third-order valence-electron chi connectivity index (χ3n) is 14.1. The molecule has 3 nitrogen and oxygen atoms in total. The number of hydrogen-bond acceptors (Lipinski definition) is 3. The fraction of sp³-hybridized carbons (Fsp3) is 0.674. The molecule has 0 bridgehead atoms. The molecular weight excluding hydrogens is 599 g/mol. The molecule has 8 atom stereocenters. The van der Waals surface area contributed by atoms with Gasteiger partial charge in [-0.2, -0.15) is 5.26 Å². The van der Waals surface area contributed by atoms with Gasteiger partial charge in [0, 0.05) is 6.61 Å². The highest BCUT2D eigenvalue weighted by Gasteiger charge is 2.59. The van der Waals surface area contributed by atoms with Crippen molar-refractivity contribution in [2.24, 2.45) is 46.3 Å². The number of nitrogens with zero attached hydrogens (tertiary/aromatic N) is 1. The predicted molar refractivity (Wildman–Crippen MR) is 203 cm³/mol. The highest BCUT2D eigenvalue weighted by atomic mass is 16.5. The molecule has 3 heteroatoms. The quantitative estimate of drug-likeness (QED) is 0.141. The van der Waals surface area contributed by atoms with Gasteiger partial charge in [-0.1, -0.05) is 96.2 Å². The molecule has 0 heterocycles. The number of hydrogen-bond donors (Lipinski definition) is 0. The predicted octanol–water partition coefficient (Wildman–Crippen LogP) is 12.6. The molecule has 0 aliphatic heterocycles. The van der Waals surface area contributed by atoms with E-state index in [2.05, 4.69) is 58.9 Å². The van der Waals surface area contributed by atoms with E-state index >= 15 is 0 Å². The van der Waals surface area contributed by atoms with Gasteiger partial charge in [-0.15, -0.1) is 0 Å². The number of fused-ring (bicyclic) bond motifs is 5. The first kappa shape index (κ1) is 36.2. The third-order valence-corrected chi connectivity index (χ3v) is 14.1. The number of benzene rings is 2. The second kappa shape index (κ2) is 16.2. The van der Waals surface area contributed by atoms with E-state index in [1.165, 1.54) is 83.5 Å². The molecule has 6 rings (SSSR count). The van der Waals surface area contributed by atoms with Crippen molar-refractivity contribution in [1.29, 1.82) is 5.26 Å². The largest absolute Gasteiger partial charge is 0.494 e. The van der Waals surface area contributed by atoms with Crippen molar-refractivity contribution in [3.8, 4) is 22.9 Å². The Kier molecular flexibility index (Phi) is 12.0. The molecule has 0 spiro atoms. The highest BCUT2D eigenvalue weighted by Crippen LogP contribution is 2.67. The fourth-order valence-electron chi connectivity index (χ4n) is 11.3. The van der Waals surface area contributed by atoms with Gasteiger partial charge < -0.3 is 9.47 Å². The Labute approximate surface area is 299 Å². The zero-order valence-electron chi connectivity index (χ0n) is 31.5. The van der Waals surface area contributed by atoms with Gasteiger partial charge in [0.1, 0.15) is 5.75 Å². The van der Waals surface area contributed by atoms with Crippen LogP contribution in [-0.4, -0.2) is 19.3 Å². The van der Waals surface area contributed by atoms with Crippen molar-refractivity contribution in [3.63, 3.8) is 0 Å². The molecule has 4 aliphatic carbocycles. The maximum absolute atomic E-state index is 9.01. The Morgan fingerprint density at radius 2 is 1.49 bits per heavy atom. The van der Waals surface area contributed by atoms with Gasteiger partial charge in [0.25, 0.3) is 0 Å². The molecule has 0 aromatic heterocycles. The molecule has 3 fully saturated rings. The summed E-state index contributed by atoms with van der Waals surface area (Å²) in [6, 6.07) is 18.2. The van der Waals surface area contributed by atoms with Crippen molar-refractivity contribution in [2.45, 2.75) is 137 Å². The van der Waals surface area contributed by atoms with Crippen LogP contribution in [-0.2, 0) is 4.74 Å². The van der Waals surface area contributed by atoms with Crippen LogP contribution in [0.25, 0.3) is 11.1 Å². The second-order valence-electron chi connectivity index (χ2n) is 17.5. The summed E-state index contributed by atoms with van der Waals surface area (Å²) in [4.78, 5) is 0. The van der Waals surface area contributed by atoms with Gasteiger partial charge in [-0.3, -0.25) is 0 Å². The summed E-state index contributed by atoms with van der Waals surface area (Å²) < 4.78 is 12.6.